The maximum atomic E-state index is 6.09. The lowest BCUT2D eigenvalue weighted by atomic mass is 10.2. The number of halogens is 1. The van der Waals surface area contributed by atoms with Gasteiger partial charge in [0.05, 0.1) is 24.0 Å². The summed E-state index contributed by atoms with van der Waals surface area (Å²) in [7, 11) is 1.62. The van der Waals surface area contributed by atoms with Crippen LogP contribution in [0.1, 0.15) is 11.1 Å². The number of hydrogen-bond acceptors (Lipinski definition) is 4. The maximum absolute atomic E-state index is 6.09. The Morgan fingerprint density at radius 3 is 2.50 bits per heavy atom. The summed E-state index contributed by atoms with van der Waals surface area (Å²) in [6.07, 6.45) is 1.70. The summed E-state index contributed by atoms with van der Waals surface area (Å²) in [5, 5.41) is 4.83. The lowest BCUT2D eigenvalue weighted by Gasteiger charge is -2.11. The molecule has 3 rings (SSSR count). The van der Waals surface area contributed by atoms with Gasteiger partial charge in [0, 0.05) is 0 Å². The molecule has 3 aromatic rings. The predicted octanol–water partition coefficient (Wildman–Crippen LogP) is 5.37. The van der Waals surface area contributed by atoms with Crippen LogP contribution in [0.4, 0.5) is 5.69 Å². The Bertz CT molecular complexity index is 882. The van der Waals surface area contributed by atoms with Crippen LogP contribution in [-0.4, -0.2) is 13.3 Å². The molecule has 0 aliphatic carbocycles. The zero-order valence-electron chi connectivity index (χ0n) is 14.4. The SMILES string of the molecule is COc1cc(C=NNc2ccccc2Cl)ccc1OCc1ccccc1. The summed E-state index contributed by atoms with van der Waals surface area (Å²) < 4.78 is 11.3. The number of hydrogen-bond donors (Lipinski definition) is 1. The Balaban J connectivity index is 1.66. The number of hydrazone groups is 1. The van der Waals surface area contributed by atoms with Gasteiger partial charge < -0.3 is 9.47 Å². The van der Waals surface area contributed by atoms with Gasteiger partial charge in [0.25, 0.3) is 0 Å². The normalized spacial score (nSPS) is 10.7. The number of para-hydroxylation sites is 1. The molecule has 0 unspecified atom stereocenters. The van der Waals surface area contributed by atoms with E-state index in [9.17, 15) is 0 Å². The highest BCUT2D eigenvalue weighted by Gasteiger charge is 2.05. The largest absolute Gasteiger partial charge is 0.493 e. The van der Waals surface area contributed by atoms with Crippen molar-refractivity contribution in [1.82, 2.24) is 0 Å². The molecule has 1 N–H and O–H groups in total. The Morgan fingerprint density at radius 2 is 1.73 bits per heavy atom. The first-order valence-corrected chi connectivity index (χ1v) is 8.52. The topological polar surface area (TPSA) is 42.8 Å². The second-order valence-corrected chi connectivity index (χ2v) is 5.94. The van der Waals surface area contributed by atoms with Crippen molar-refractivity contribution in [2.45, 2.75) is 6.61 Å². The molecule has 0 bridgehead atoms. The molecule has 0 aromatic heterocycles. The molecule has 0 aliphatic heterocycles. The fourth-order valence-electron chi connectivity index (χ4n) is 2.35. The molecule has 0 heterocycles. The third-order valence-corrected chi connectivity index (χ3v) is 4.03. The zero-order valence-corrected chi connectivity index (χ0v) is 15.1. The minimum Gasteiger partial charge on any atom is -0.493 e. The summed E-state index contributed by atoms with van der Waals surface area (Å²) in [4.78, 5) is 0. The molecule has 5 heteroatoms. The molecular formula is C21H19ClN2O2. The monoisotopic (exact) mass is 366 g/mol. The molecule has 3 aromatic carbocycles. The van der Waals surface area contributed by atoms with E-state index in [1.165, 1.54) is 0 Å². The third-order valence-electron chi connectivity index (χ3n) is 3.70. The van der Waals surface area contributed by atoms with E-state index in [1.54, 1.807) is 19.4 Å². The Morgan fingerprint density at radius 1 is 0.962 bits per heavy atom. The minimum atomic E-state index is 0.485. The summed E-state index contributed by atoms with van der Waals surface area (Å²) in [5.74, 6) is 1.34. The average molecular weight is 367 g/mol. The van der Waals surface area contributed by atoms with Gasteiger partial charge in [-0.3, -0.25) is 5.43 Å². The highest BCUT2D eigenvalue weighted by Crippen LogP contribution is 2.28. The van der Waals surface area contributed by atoms with Crippen LogP contribution in [0.25, 0.3) is 0 Å². The summed E-state index contributed by atoms with van der Waals surface area (Å²) >= 11 is 6.09. The van der Waals surface area contributed by atoms with Crippen molar-refractivity contribution in [1.29, 1.82) is 0 Å². The second kappa shape index (κ2) is 8.92. The van der Waals surface area contributed by atoms with E-state index in [-0.39, 0.29) is 0 Å². The summed E-state index contributed by atoms with van der Waals surface area (Å²) in [6.45, 7) is 0.485. The van der Waals surface area contributed by atoms with Crippen LogP contribution in [0.5, 0.6) is 11.5 Å². The predicted molar refractivity (Wildman–Crippen MR) is 106 cm³/mol. The van der Waals surface area contributed by atoms with Crippen molar-refractivity contribution in [3.8, 4) is 11.5 Å². The quantitative estimate of drug-likeness (QED) is 0.451. The van der Waals surface area contributed by atoms with Crippen LogP contribution in [0, 0.1) is 0 Å². The van der Waals surface area contributed by atoms with Gasteiger partial charge in [-0.15, -0.1) is 0 Å². The van der Waals surface area contributed by atoms with Crippen molar-refractivity contribution < 1.29 is 9.47 Å². The van der Waals surface area contributed by atoms with E-state index in [2.05, 4.69) is 10.5 Å². The van der Waals surface area contributed by atoms with Crippen molar-refractivity contribution in [2.24, 2.45) is 5.10 Å². The number of methoxy groups -OCH3 is 1. The molecule has 0 aliphatic rings. The van der Waals surface area contributed by atoms with E-state index < -0.39 is 0 Å². The van der Waals surface area contributed by atoms with E-state index in [0.29, 0.717) is 23.1 Å². The number of anilines is 1. The van der Waals surface area contributed by atoms with Crippen LogP contribution in [0.15, 0.2) is 77.9 Å². The fraction of sp³-hybridized carbons (Fsp3) is 0.0952. The molecule has 0 spiro atoms. The van der Waals surface area contributed by atoms with E-state index in [1.807, 2.05) is 66.7 Å². The van der Waals surface area contributed by atoms with E-state index in [4.69, 9.17) is 21.1 Å². The highest BCUT2D eigenvalue weighted by atomic mass is 35.5. The van der Waals surface area contributed by atoms with Crippen LogP contribution < -0.4 is 14.9 Å². The second-order valence-electron chi connectivity index (χ2n) is 5.53. The van der Waals surface area contributed by atoms with Crippen LogP contribution in [0.2, 0.25) is 5.02 Å². The number of ether oxygens (including phenoxy) is 2. The minimum absolute atomic E-state index is 0.485. The molecule has 26 heavy (non-hydrogen) atoms. The standard InChI is InChI=1S/C21H19ClN2O2/c1-25-21-13-17(14-23-24-19-10-6-5-9-18(19)22)11-12-20(21)26-15-16-7-3-2-4-8-16/h2-14,24H,15H2,1H3. The first-order chi connectivity index (χ1) is 12.8. The molecule has 0 radical (unpaired) electrons. The molecule has 0 fully saturated rings. The molecular weight excluding hydrogens is 348 g/mol. The lowest BCUT2D eigenvalue weighted by Crippen LogP contribution is -1.98. The molecule has 4 nitrogen and oxygen atoms in total. The summed E-state index contributed by atoms with van der Waals surface area (Å²) in [6, 6.07) is 23.1. The fourth-order valence-corrected chi connectivity index (χ4v) is 2.53. The van der Waals surface area contributed by atoms with Gasteiger partial charge in [0.1, 0.15) is 6.61 Å². The van der Waals surface area contributed by atoms with E-state index >= 15 is 0 Å². The molecule has 0 amide bonds. The Kier molecular flexibility index (Phi) is 6.12. The van der Waals surface area contributed by atoms with Crippen molar-refractivity contribution in [2.75, 3.05) is 12.5 Å². The van der Waals surface area contributed by atoms with Crippen molar-refractivity contribution >= 4 is 23.5 Å². The van der Waals surface area contributed by atoms with E-state index in [0.717, 1.165) is 16.8 Å². The third kappa shape index (κ3) is 4.77. The smallest absolute Gasteiger partial charge is 0.161 e. The van der Waals surface area contributed by atoms with Crippen LogP contribution >= 0.6 is 11.6 Å². The van der Waals surface area contributed by atoms with Gasteiger partial charge in [-0.25, -0.2) is 0 Å². The van der Waals surface area contributed by atoms with Crippen LogP contribution in [-0.2, 0) is 6.61 Å². The van der Waals surface area contributed by atoms with Crippen molar-refractivity contribution in [3.63, 3.8) is 0 Å². The van der Waals surface area contributed by atoms with Crippen molar-refractivity contribution in [3.05, 3.63) is 88.9 Å². The molecule has 132 valence electrons. The molecule has 0 atom stereocenters. The molecule has 0 saturated heterocycles. The lowest BCUT2D eigenvalue weighted by molar-refractivity contribution is 0.284. The first kappa shape index (κ1) is 17.8. The van der Waals surface area contributed by atoms with Gasteiger partial charge in [-0.2, -0.15) is 5.10 Å². The van der Waals surface area contributed by atoms with Crippen LogP contribution in [0.3, 0.4) is 0 Å². The summed E-state index contributed by atoms with van der Waals surface area (Å²) in [5.41, 5.74) is 5.66. The van der Waals surface area contributed by atoms with Gasteiger partial charge in [0.15, 0.2) is 11.5 Å². The van der Waals surface area contributed by atoms with Gasteiger partial charge >= 0.3 is 0 Å². The zero-order chi connectivity index (χ0) is 18.2. The Hall–Kier alpha value is -2.98. The number of nitrogens with one attached hydrogen (secondary N) is 1. The van der Waals surface area contributed by atoms with Gasteiger partial charge in [-0.05, 0) is 41.5 Å². The van der Waals surface area contributed by atoms with Gasteiger partial charge in [-0.1, -0.05) is 54.1 Å². The number of nitrogens with zero attached hydrogens (tertiary/aromatic N) is 1. The number of benzene rings is 3. The average Bonchev–Trinajstić information content (AvgIpc) is 2.69. The molecule has 0 saturated carbocycles. The highest BCUT2D eigenvalue weighted by molar-refractivity contribution is 6.33. The maximum Gasteiger partial charge on any atom is 0.161 e. The number of rotatable bonds is 7. The first-order valence-electron chi connectivity index (χ1n) is 8.14. The Labute approximate surface area is 158 Å². The van der Waals surface area contributed by atoms with Gasteiger partial charge in [0.2, 0.25) is 0 Å².